The van der Waals surface area contributed by atoms with Crippen LogP contribution in [0.3, 0.4) is 0 Å². The summed E-state index contributed by atoms with van der Waals surface area (Å²) in [5.41, 5.74) is 2.17. The molecule has 30 heavy (non-hydrogen) atoms. The number of rotatable bonds is 7. The van der Waals surface area contributed by atoms with Crippen LogP contribution in [0, 0.1) is 0 Å². The molecule has 0 aliphatic heterocycles. The molecule has 0 saturated heterocycles. The van der Waals surface area contributed by atoms with Gasteiger partial charge in [-0.3, -0.25) is 9.59 Å². The minimum Gasteiger partial charge on any atom is -0.497 e. The Morgan fingerprint density at radius 1 is 0.833 bits per heavy atom. The van der Waals surface area contributed by atoms with Crippen molar-refractivity contribution < 1.29 is 19.1 Å². The molecule has 0 heterocycles. The first-order valence-electron chi connectivity index (χ1n) is 9.29. The van der Waals surface area contributed by atoms with E-state index in [9.17, 15) is 9.59 Å². The highest BCUT2D eigenvalue weighted by Gasteiger charge is 2.12. The predicted molar refractivity (Wildman–Crippen MR) is 121 cm³/mol. The summed E-state index contributed by atoms with van der Waals surface area (Å²) in [7, 11) is 1.54. The Labute approximate surface area is 183 Å². The van der Waals surface area contributed by atoms with Gasteiger partial charge < -0.3 is 20.1 Å². The highest BCUT2D eigenvalue weighted by Crippen LogP contribution is 2.24. The van der Waals surface area contributed by atoms with E-state index in [1.807, 2.05) is 6.92 Å². The summed E-state index contributed by atoms with van der Waals surface area (Å²) in [5.74, 6) is 0.808. The van der Waals surface area contributed by atoms with Crippen molar-refractivity contribution in [3.8, 4) is 11.5 Å². The molecule has 2 amide bonds. The zero-order valence-corrected chi connectivity index (χ0v) is 18.2. The third-order valence-corrected chi connectivity index (χ3v) is 4.94. The van der Waals surface area contributed by atoms with Crippen LogP contribution in [0.1, 0.15) is 27.6 Å². The summed E-state index contributed by atoms with van der Waals surface area (Å²) in [6, 6.07) is 19.0. The van der Waals surface area contributed by atoms with E-state index in [1.165, 1.54) is 0 Å². The van der Waals surface area contributed by atoms with Crippen LogP contribution in [0.2, 0.25) is 0 Å². The van der Waals surface area contributed by atoms with Gasteiger partial charge in [-0.1, -0.05) is 0 Å². The van der Waals surface area contributed by atoms with E-state index >= 15 is 0 Å². The monoisotopic (exact) mass is 468 g/mol. The van der Waals surface area contributed by atoms with Gasteiger partial charge in [0.1, 0.15) is 11.5 Å². The molecular formula is C23H21BrN2O4. The lowest BCUT2D eigenvalue weighted by Gasteiger charge is -2.10. The second kappa shape index (κ2) is 9.93. The van der Waals surface area contributed by atoms with Gasteiger partial charge in [0.2, 0.25) is 0 Å². The zero-order valence-electron chi connectivity index (χ0n) is 16.6. The van der Waals surface area contributed by atoms with Crippen LogP contribution in [-0.2, 0) is 0 Å². The highest BCUT2D eigenvalue weighted by atomic mass is 79.9. The van der Waals surface area contributed by atoms with Gasteiger partial charge in [0.05, 0.1) is 19.3 Å². The van der Waals surface area contributed by atoms with Crippen LogP contribution in [0.25, 0.3) is 0 Å². The number of amides is 2. The van der Waals surface area contributed by atoms with Crippen LogP contribution in [0.5, 0.6) is 11.5 Å². The summed E-state index contributed by atoms with van der Waals surface area (Å²) in [5, 5.41) is 5.65. The van der Waals surface area contributed by atoms with Crippen molar-refractivity contribution in [2.24, 2.45) is 0 Å². The van der Waals surface area contributed by atoms with Crippen LogP contribution in [0.15, 0.2) is 71.2 Å². The maximum absolute atomic E-state index is 12.6. The van der Waals surface area contributed by atoms with Crippen LogP contribution in [-0.4, -0.2) is 25.5 Å². The molecule has 0 bridgehead atoms. The Balaban J connectivity index is 1.64. The van der Waals surface area contributed by atoms with Gasteiger partial charge in [-0.05, 0) is 89.6 Å². The van der Waals surface area contributed by atoms with E-state index in [4.69, 9.17) is 9.47 Å². The molecule has 0 unspecified atom stereocenters. The number of benzene rings is 3. The first kappa shape index (κ1) is 21.4. The molecule has 0 atom stereocenters. The van der Waals surface area contributed by atoms with Crippen molar-refractivity contribution in [3.63, 3.8) is 0 Å². The number of hydrogen-bond acceptors (Lipinski definition) is 4. The standard InChI is InChI=1S/C23H21BrN2O4/c1-3-30-18-10-8-17(9-11-18)25-22(27)15-4-6-16(7-5-15)26-23(28)20-14-19(29-2)12-13-21(20)24/h4-14H,3H2,1-2H3,(H,25,27)(H,26,28). The number of hydrogen-bond donors (Lipinski definition) is 2. The van der Waals surface area contributed by atoms with Gasteiger partial charge in [-0.25, -0.2) is 0 Å². The van der Waals surface area contributed by atoms with Crippen molar-refractivity contribution in [2.45, 2.75) is 6.92 Å². The molecule has 3 aromatic carbocycles. The lowest BCUT2D eigenvalue weighted by Crippen LogP contribution is -2.14. The van der Waals surface area contributed by atoms with E-state index in [1.54, 1.807) is 73.8 Å². The zero-order chi connectivity index (χ0) is 21.5. The number of nitrogens with one attached hydrogen (secondary N) is 2. The highest BCUT2D eigenvalue weighted by molar-refractivity contribution is 9.10. The van der Waals surface area contributed by atoms with Crippen molar-refractivity contribution in [2.75, 3.05) is 24.4 Å². The van der Waals surface area contributed by atoms with Crippen molar-refractivity contribution in [3.05, 3.63) is 82.3 Å². The minimum atomic E-state index is -0.285. The normalized spacial score (nSPS) is 10.2. The van der Waals surface area contributed by atoms with Gasteiger partial charge in [-0.15, -0.1) is 0 Å². The number of halogens is 1. The molecule has 0 aromatic heterocycles. The number of carbonyl (C=O) groups excluding carboxylic acids is 2. The second-order valence-electron chi connectivity index (χ2n) is 6.29. The van der Waals surface area contributed by atoms with E-state index in [-0.39, 0.29) is 11.8 Å². The fourth-order valence-electron chi connectivity index (χ4n) is 2.71. The van der Waals surface area contributed by atoms with Crippen molar-refractivity contribution in [1.29, 1.82) is 0 Å². The quantitative estimate of drug-likeness (QED) is 0.489. The summed E-state index contributed by atoms with van der Waals surface area (Å²) >= 11 is 3.37. The molecule has 0 radical (unpaired) electrons. The summed E-state index contributed by atoms with van der Waals surface area (Å²) in [4.78, 5) is 25.0. The van der Waals surface area contributed by atoms with E-state index < -0.39 is 0 Å². The largest absolute Gasteiger partial charge is 0.497 e. The van der Waals surface area contributed by atoms with Crippen LogP contribution < -0.4 is 20.1 Å². The smallest absolute Gasteiger partial charge is 0.256 e. The third kappa shape index (κ3) is 5.39. The summed E-state index contributed by atoms with van der Waals surface area (Å²) in [6.45, 7) is 2.50. The molecule has 0 fully saturated rings. The number of anilines is 2. The first-order chi connectivity index (χ1) is 14.5. The van der Waals surface area contributed by atoms with Crippen LogP contribution >= 0.6 is 15.9 Å². The molecule has 6 nitrogen and oxygen atoms in total. The van der Waals surface area contributed by atoms with E-state index in [0.717, 1.165) is 5.75 Å². The molecule has 0 aliphatic carbocycles. The lowest BCUT2D eigenvalue weighted by molar-refractivity contribution is 0.101. The van der Waals surface area contributed by atoms with Gasteiger partial charge in [0, 0.05) is 21.4 Å². The van der Waals surface area contributed by atoms with Crippen molar-refractivity contribution >= 4 is 39.1 Å². The predicted octanol–water partition coefficient (Wildman–Crippen LogP) is 5.36. The van der Waals surface area contributed by atoms with Gasteiger partial charge >= 0.3 is 0 Å². The van der Waals surface area contributed by atoms with Crippen molar-refractivity contribution in [1.82, 2.24) is 0 Å². The molecule has 7 heteroatoms. The minimum absolute atomic E-state index is 0.243. The average Bonchev–Trinajstić information content (AvgIpc) is 2.76. The molecule has 3 rings (SSSR count). The fourth-order valence-corrected chi connectivity index (χ4v) is 3.14. The Morgan fingerprint density at radius 2 is 1.40 bits per heavy atom. The fraction of sp³-hybridized carbons (Fsp3) is 0.130. The molecule has 0 spiro atoms. The number of carbonyl (C=O) groups is 2. The number of ether oxygens (including phenoxy) is 2. The molecular weight excluding hydrogens is 448 g/mol. The number of methoxy groups -OCH3 is 1. The summed E-state index contributed by atoms with van der Waals surface area (Å²) < 4.78 is 11.2. The average molecular weight is 469 g/mol. The maximum atomic E-state index is 12.6. The Hall–Kier alpha value is -3.32. The lowest BCUT2D eigenvalue weighted by atomic mass is 10.1. The first-order valence-corrected chi connectivity index (χ1v) is 10.1. The topological polar surface area (TPSA) is 76.7 Å². The molecule has 3 aromatic rings. The Bertz CT molecular complexity index is 1030. The third-order valence-electron chi connectivity index (χ3n) is 4.25. The summed E-state index contributed by atoms with van der Waals surface area (Å²) in [6.07, 6.45) is 0. The Kier molecular flexibility index (Phi) is 7.08. The SMILES string of the molecule is CCOc1ccc(NC(=O)c2ccc(NC(=O)c3cc(OC)ccc3Br)cc2)cc1. The molecule has 0 aliphatic rings. The molecule has 0 saturated carbocycles. The van der Waals surface area contributed by atoms with E-state index in [2.05, 4.69) is 26.6 Å². The van der Waals surface area contributed by atoms with Gasteiger partial charge in [-0.2, -0.15) is 0 Å². The molecule has 154 valence electrons. The second-order valence-corrected chi connectivity index (χ2v) is 7.14. The van der Waals surface area contributed by atoms with E-state index in [0.29, 0.717) is 39.3 Å². The van der Waals surface area contributed by atoms with Crippen LogP contribution in [0.4, 0.5) is 11.4 Å². The van der Waals surface area contributed by atoms with Gasteiger partial charge in [0.15, 0.2) is 0 Å². The maximum Gasteiger partial charge on any atom is 0.256 e. The van der Waals surface area contributed by atoms with Gasteiger partial charge in [0.25, 0.3) is 11.8 Å². The Morgan fingerprint density at radius 3 is 2.00 bits per heavy atom. The molecule has 2 N–H and O–H groups in total.